The highest BCUT2D eigenvalue weighted by Crippen LogP contribution is 1.95. The average molecular weight is 180 g/mol. The van der Waals surface area contributed by atoms with Crippen LogP contribution in [-0.4, -0.2) is 17.3 Å². The number of H-pyrrole nitrogens is 1. The first-order valence-electron chi connectivity index (χ1n) is 4.56. The van der Waals surface area contributed by atoms with E-state index in [1.807, 2.05) is 32.2 Å². The van der Waals surface area contributed by atoms with E-state index < -0.39 is 0 Å². The van der Waals surface area contributed by atoms with Gasteiger partial charge in [0.05, 0.1) is 6.54 Å². The summed E-state index contributed by atoms with van der Waals surface area (Å²) in [5, 5.41) is 3.09. The first kappa shape index (κ1) is 9.99. The molecule has 0 atom stereocenters. The molecule has 1 aromatic heterocycles. The van der Waals surface area contributed by atoms with Crippen LogP contribution in [0.25, 0.3) is 0 Å². The summed E-state index contributed by atoms with van der Waals surface area (Å²) in [6, 6.07) is 3.94. The molecule has 0 amide bonds. The molecule has 13 heavy (non-hydrogen) atoms. The van der Waals surface area contributed by atoms with E-state index in [0.29, 0.717) is 6.54 Å². The molecule has 0 aliphatic carbocycles. The lowest BCUT2D eigenvalue weighted by Crippen LogP contribution is -2.25. The van der Waals surface area contributed by atoms with Crippen LogP contribution in [0.5, 0.6) is 0 Å². The van der Waals surface area contributed by atoms with Gasteiger partial charge in [-0.05, 0) is 12.1 Å². The summed E-state index contributed by atoms with van der Waals surface area (Å²) < 4.78 is 0. The summed E-state index contributed by atoms with van der Waals surface area (Å²) in [5.74, 6) is 0.377. The van der Waals surface area contributed by atoms with Gasteiger partial charge in [0, 0.05) is 24.4 Å². The molecule has 2 N–H and O–H groups in total. The predicted molar refractivity (Wildman–Crippen MR) is 52.3 cm³/mol. The van der Waals surface area contributed by atoms with Crippen LogP contribution in [0.4, 0.5) is 0 Å². The highest BCUT2D eigenvalue weighted by atomic mass is 16.1. The number of hydrogen-bond acceptors (Lipinski definition) is 2. The molecular weight excluding hydrogens is 164 g/mol. The molecule has 1 rings (SSSR count). The first-order chi connectivity index (χ1) is 6.20. The minimum absolute atomic E-state index is 0.121. The van der Waals surface area contributed by atoms with Gasteiger partial charge in [-0.15, -0.1) is 0 Å². The van der Waals surface area contributed by atoms with Gasteiger partial charge in [-0.25, -0.2) is 0 Å². The normalized spacial score (nSPS) is 10.7. The Morgan fingerprint density at radius 3 is 2.92 bits per heavy atom. The molecular formula is C10H16N2O. The third-order valence-electron chi connectivity index (χ3n) is 1.92. The quantitative estimate of drug-likeness (QED) is 0.718. The average Bonchev–Trinajstić information content (AvgIpc) is 2.56. The molecule has 0 radical (unpaired) electrons. The lowest BCUT2D eigenvalue weighted by molar-refractivity contribution is -0.121. The highest BCUT2D eigenvalue weighted by molar-refractivity contribution is 5.82. The van der Waals surface area contributed by atoms with Crippen molar-refractivity contribution in [1.82, 2.24) is 10.3 Å². The summed E-state index contributed by atoms with van der Waals surface area (Å²) in [6.45, 7) is 5.01. The second kappa shape index (κ2) is 4.82. The van der Waals surface area contributed by atoms with E-state index in [1.165, 1.54) is 0 Å². The van der Waals surface area contributed by atoms with E-state index in [2.05, 4.69) is 10.3 Å². The van der Waals surface area contributed by atoms with Crippen molar-refractivity contribution in [2.45, 2.75) is 20.4 Å². The maximum absolute atomic E-state index is 11.2. The molecule has 0 unspecified atom stereocenters. The zero-order valence-electron chi connectivity index (χ0n) is 8.13. The van der Waals surface area contributed by atoms with Crippen molar-refractivity contribution in [2.75, 3.05) is 6.54 Å². The van der Waals surface area contributed by atoms with Crippen LogP contribution in [0.3, 0.4) is 0 Å². The van der Waals surface area contributed by atoms with Gasteiger partial charge in [0.25, 0.3) is 0 Å². The molecule has 0 aliphatic heterocycles. The van der Waals surface area contributed by atoms with Gasteiger partial charge in [0.15, 0.2) is 0 Å². The van der Waals surface area contributed by atoms with Crippen LogP contribution in [-0.2, 0) is 11.3 Å². The van der Waals surface area contributed by atoms with Gasteiger partial charge in [-0.1, -0.05) is 13.8 Å². The number of aromatic nitrogens is 1. The van der Waals surface area contributed by atoms with E-state index in [0.717, 1.165) is 12.2 Å². The molecule has 0 bridgehead atoms. The van der Waals surface area contributed by atoms with Crippen LogP contribution < -0.4 is 5.32 Å². The minimum Gasteiger partial charge on any atom is -0.364 e. The van der Waals surface area contributed by atoms with E-state index in [9.17, 15) is 4.79 Å². The largest absolute Gasteiger partial charge is 0.364 e. The lowest BCUT2D eigenvalue weighted by Gasteiger charge is -2.04. The molecule has 0 fully saturated rings. The SMILES string of the molecule is CC(C)C(=O)CNCc1ccc[nH]1. The summed E-state index contributed by atoms with van der Waals surface area (Å²) >= 11 is 0. The van der Waals surface area contributed by atoms with Gasteiger partial charge in [-0.2, -0.15) is 0 Å². The predicted octanol–water partition coefficient (Wildman–Crippen LogP) is 1.33. The molecule has 3 heteroatoms. The number of Topliss-reactive ketones (excluding diaryl/α,β-unsaturated/α-hetero) is 1. The number of rotatable bonds is 5. The van der Waals surface area contributed by atoms with E-state index in [-0.39, 0.29) is 11.7 Å². The Bertz CT molecular complexity index is 252. The summed E-state index contributed by atoms with van der Waals surface area (Å²) in [4.78, 5) is 14.3. The maximum Gasteiger partial charge on any atom is 0.149 e. The van der Waals surface area contributed by atoms with Gasteiger partial charge in [0.2, 0.25) is 0 Å². The Morgan fingerprint density at radius 1 is 1.62 bits per heavy atom. The Balaban J connectivity index is 2.18. The van der Waals surface area contributed by atoms with Crippen molar-refractivity contribution in [3.05, 3.63) is 24.0 Å². The zero-order valence-corrected chi connectivity index (χ0v) is 8.13. The Labute approximate surface area is 78.5 Å². The fraction of sp³-hybridized carbons (Fsp3) is 0.500. The molecule has 1 heterocycles. The maximum atomic E-state index is 11.2. The van der Waals surface area contributed by atoms with Crippen LogP contribution >= 0.6 is 0 Å². The number of carbonyl (C=O) groups excluding carboxylic acids is 1. The van der Waals surface area contributed by atoms with E-state index in [4.69, 9.17) is 0 Å². The second-order valence-electron chi connectivity index (χ2n) is 3.42. The van der Waals surface area contributed by atoms with Crippen molar-refractivity contribution in [3.63, 3.8) is 0 Å². The smallest absolute Gasteiger partial charge is 0.149 e. The molecule has 0 saturated heterocycles. The highest BCUT2D eigenvalue weighted by Gasteiger charge is 2.05. The number of hydrogen-bond donors (Lipinski definition) is 2. The van der Waals surface area contributed by atoms with Gasteiger partial charge in [-0.3, -0.25) is 4.79 Å². The van der Waals surface area contributed by atoms with Crippen molar-refractivity contribution in [2.24, 2.45) is 5.92 Å². The van der Waals surface area contributed by atoms with Crippen molar-refractivity contribution in [3.8, 4) is 0 Å². The van der Waals surface area contributed by atoms with Crippen molar-refractivity contribution >= 4 is 5.78 Å². The van der Waals surface area contributed by atoms with Crippen LogP contribution in [0, 0.1) is 5.92 Å². The lowest BCUT2D eigenvalue weighted by atomic mass is 10.1. The monoisotopic (exact) mass is 180 g/mol. The van der Waals surface area contributed by atoms with Crippen molar-refractivity contribution in [1.29, 1.82) is 0 Å². The van der Waals surface area contributed by atoms with Crippen LogP contribution in [0.2, 0.25) is 0 Å². The topological polar surface area (TPSA) is 44.9 Å². The summed E-state index contributed by atoms with van der Waals surface area (Å²) in [7, 11) is 0. The molecule has 0 aliphatic rings. The number of carbonyl (C=O) groups is 1. The van der Waals surface area contributed by atoms with Crippen LogP contribution in [0.15, 0.2) is 18.3 Å². The first-order valence-corrected chi connectivity index (χ1v) is 4.56. The third kappa shape index (κ3) is 3.42. The molecule has 3 nitrogen and oxygen atoms in total. The second-order valence-corrected chi connectivity index (χ2v) is 3.42. The van der Waals surface area contributed by atoms with Crippen molar-refractivity contribution < 1.29 is 4.79 Å². The van der Waals surface area contributed by atoms with Gasteiger partial charge in [0.1, 0.15) is 5.78 Å². The molecule has 1 aromatic rings. The molecule has 0 aromatic carbocycles. The fourth-order valence-corrected chi connectivity index (χ4v) is 1.00. The number of nitrogens with one attached hydrogen (secondary N) is 2. The molecule has 0 spiro atoms. The fourth-order valence-electron chi connectivity index (χ4n) is 1.00. The third-order valence-corrected chi connectivity index (χ3v) is 1.92. The standard InChI is InChI=1S/C10H16N2O/c1-8(2)10(13)7-11-6-9-4-3-5-12-9/h3-5,8,11-12H,6-7H2,1-2H3. The Morgan fingerprint density at radius 2 is 2.38 bits per heavy atom. The number of ketones is 1. The van der Waals surface area contributed by atoms with E-state index >= 15 is 0 Å². The minimum atomic E-state index is 0.121. The Kier molecular flexibility index (Phi) is 3.71. The summed E-state index contributed by atoms with van der Waals surface area (Å²) in [5.41, 5.74) is 1.11. The van der Waals surface area contributed by atoms with E-state index in [1.54, 1.807) is 0 Å². The molecule has 72 valence electrons. The molecule has 0 saturated carbocycles. The summed E-state index contributed by atoms with van der Waals surface area (Å²) in [6.07, 6.45) is 1.88. The van der Waals surface area contributed by atoms with Gasteiger partial charge < -0.3 is 10.3 Å². The van der Waals surface area contributed by atoms with Gasteiger partial charge >= 0.3 is 0 Å². The number of aromatic amines is 1. The Hall–Kier alpha value is -1.09. The van der Waals surface area contributed by atoms with Crippen LogP contribution in [0.1, 0.15) is 19.5 Å². The zero-order chi connectivity index (χ0) is 9.68.